The molecule has 0 fully saturated rings. The molecule has 0 aliphatic rings. The Hall–Kier alpha value is -3.11. The Bertz CT molecular complexity index is 989. The van der Waals surface area contributed by atoms with Crippen molar-refractivity contribution >= 4 is 21.9 Å². The van der Waals surface area contributed by atoms with Gasteiger partial charge < -0.3 is 19.5 Å². The zero-order valence-corrected chi connectivity index (χ0v) is 17.5. The van der Waals surface area contributed by atoms with Gasteiger partial charge in [-0.2, -0.15) is 0 Å². The summed E-state index contributed by atoms with van der Waals surface area (Å²) in [5.41, 5.74) is 1.05. The number of carbonyl (C=O) groups excluding carboxylic acids is 2. The van der Waals surface area contributed by atoms with E-state index < -0.39 is 28.5 Å². The number of methoxy groups -OCH3 is 1. The molecule has 30 heavy (non-hydrogen) atoms. The maximum atomic E-state index is 12.1. The molecule has 0 saturated heterocycles. The SMILES string of the molecule is CCOc1ccc(C(=O)OCC(=O)NCCc2ccc(S(N)(=O)=O)cc2)cc1OC. The van der Waals surface area contributed by atoms with Crippen LogP contribution in [0.25, 0.3) is 0 Å². The number of carbonyl (C=O) groups is 2. The van der Waals surface area contributed by atoms with Crippen molar-refractivity contribution in [2.24, 2.45) is 5.14 Å². The van der Waals surface area contributed by atoms with Crippen LogP contribution in [0.4, 0.5) is 0 Å². The summed E-state index contributed by atoms with van der Waals surface area (Å²) >= 11 is 0. The largest absolute Gasteiger partial charge is 0.493 e. The summed E-state index contributed by atoms with van der Waals surface area (Å²) in [6, 6.07) is 10.6. The van der Waals surface area contributed by atoms with Gasteiger partial charge in [-0.05, 0) is 49.2 Å². The molecule has 0 unspecified atom stereocenters. The van der Waals surface area contributed by atoms with Crippen LogP contribution in [0.2, 0.25) is 0 Å². The number of rotatable bonds is 10. The van der Waals surface area contributed by atoms with E-state index in [9.17, 15) is 18.0 Å². The average molecular weight is 436 g/mol. The minimum absolute atomic E-state index is 0.0214. The van der Waals surface area contributed by atoms with Crippen LogP contribution in [0.3, 0.4) is 0 Å². The van der Waals surface area contributed by atoms with E-state index in [2.05, 4.69) is 5.32 Å². The van der Waals surface area contributed by atoms with Crippen molar-refractivity contribution < 1.29 is 32.2 Å². The molecule has 0 aliphatic carbocycles. The lowest BCUT2D eigenvalue weighted by Gasteiger charge is -2.11. The first-order chi connectivity index (χ1) is 14.2. The Morgan fingerprint density at radius 2 is 1.77 bits per heavy atom. The summed E-state index contributed by atoms with van der Waals surface area (Å²) in [4.78, 5) is 24.0. The molecule has 0 atom stereocenters. The molecule has 2 aromatic rings. The first kappa shape index (κ1) is 23.2. The van der Waals surface area contributed by atoms with Gasteiger partial charge in [0.2, 0.25) is 10.0 Å². The van der Waals surface area contributed by atoms with Crippen molar-refractivity contribution in [2.45, 2.75) is 18.2 Å². The number of benzene rings is 2. The standard InChI is InChI=1S/C20H24N2O7S/c1-3-28-17-9-6-15(12-18(17)27-2)20(24)29-13-19(23)22-11-10-14-4-7-16(8-5-14)30(21,25)26/h4-9,12H,3,10-11,13H2,1-2H3,(H,22,23)(H2,21,25,26). The molecule has 0 spiro atoms. The Balaban J connectivity index is 1.79. The van der Waals surface area contributed by atoms with E-state index in [1.807, 2.05) is 6.92 Å². The average Bonchev–Trinajstić information content (AvgIpc) is 2.72. The number of hydrogen-bond acceptors (Lipinski definition) is 7. The van der Waals surface area contributed by atoms with E-state index >= 15 is 0 Å². The van der Waals surface area contributed by atoms with Gasteiger partial charge in [0.1, 0.15) is 0 Å². The van der Waals surface area contributed by atoms with Crippen LogP contribution in [-0.4, -0.2) is 47.2 Å². The first-order valence-electron chi connectivity index (χ1n) is 9.11. The maximum absolute atomic E-state index is 12.1. The second kappa shape index (κ2) is 10.6. The molecule has 2 aromatic carbocycles. The van der Waals surface area contributed by atoms with Gasteiger partial charge in [-0.3, -0.25) is 4.79 Å². The van der Waals surface area contributed by atoms with Gasteiger partial charge >= 0.3 is 5.97 Å². The number of ether oxygens (including phenoxy) is 3. The number of nitrogens with two attached hydrogens (primary N) is 1. The van der Waals surface area contributed by atoms with Gasteiger partial charge in [-0.1, -0.05) is 12.1 Å². The molecule has 162 valence electrons. The van der Waals surface area contributed by atoms with Gasteiger partial charge in [-0.15, -0.1) is 0 Å². The Morgan fingerprint density at radius 3 is 2.37 bits per heavy atom. The molecule has 2 rings (SSSR count). The monoisotopic (exact) mass is 436 g/mol. The van der Waals surface area contributed by atoms with E-state index in [0.29, 0.717) is 31.1 Å². The fraction of sp³-hybridized carbons (Fsp3) is 0.300. The van der Waals surface area contributed by atoms with E-state index in [-0.39, 0.29) is 10.5 Å². The minimum Gasteiger partial charge on any atom is -0.493 e. The Morgan fingerprint density at radius 1 is 1.07 bits per heavy atom. The van der Waals surface area contributed by atoms with Crippen molar-refractivity contribution in [3.8, 4) is 11.5 Å². The normalized spacial score (nSPS) is 10.9. The van der Waals surface area contributed by atoms with E-state index in [1.54, 1.807) is 18.2 Å². The van der Waals surface area contributed by atoms with Gasteiger partial charge in [-0.25, -0.2) is 18.4 Å². The molecule has 0 aliphatic heterocycles. The number of hydrogen-bond donors (Lipinski definition) is 2. The molecule has 3 N–H and O–H groups in total. The van der Waals surface area contributed by atoms with Crippen molar-refractivity contribution in [1.29, 1.82) is 0 Å². The summed E-state index contributed by atoms with van der Waals surface area (Å²) in [5.74, 6) is -0.219. The van der Waals surface area contributed by atoms with Crippen LogP contribution in [0.15, 0.2) is 47.4 Å². The lowest BCUT2D eigenvalue weighted by molar-refractivity contribution is -0.124. The van der Waals surface area contributed by atoms with Crippen LogP contribution in [0.5, 0.6) is 11.5 Å². The van der Waals surface area contributed by atoms with Crippen molar-refractivity contribution in [1.82, 2.24) is 5.32 Å². The van der Waals surface area contributed by atoms with Crippen LogP contribution in [0.1, 0.15) is 22.8 Å². The highest BCUT2D eigenvalue weighted by atomic mass is 32.2. The van der Waals surface area contributed by atoms with Gasteiger partial charge in [0.25, 0.3) is 5.91 Å². The van der Waals surface area contributed by atoms with Crippen LogP contribution >= 0.6 is 0 Å². The number of amides is 1. The third-order valence-electron chi connectivity index (χ3n) is 4.02. The number of esters is 1. The lowest BCUT2D eigenvalue weighted by Crippen LogP contribution is -2.30. The molecule has 0 radical (unpaired) electrons. The molecule has 0 heterocycles. The zero-order valence-electron chi connectivity index (χ0n) is 16.7. The topological polar surface area (TPSA) is 134 Å². The fourth-order valence-electron chi connectivity index (χ4n) is 2.53. The van der Waals surface area contributed by atoms with Gasteiger partial charge in [0, 0.05) is 6.54 Å². The lowest BCUT2D eigenvalue weighted by atomic mass is 10.1. The highest BCUT2D eigenvalue weighted by Gasteiger charge is 2.14. The second-order valence-electron chi connectivity index (χ2n) is 6.16. The van der Waals surface area contributed by atoms with Crippen molar-refractivity contribution in [3.05, 3.63) is 53.6 Å². The maximum Gasteiger partial charge on any atom is 0.338 e. The summed E-state index contributed by atoms with van der Waals surface area (Å²) in [5, 5.41) is 7.67. The number of primary sulfonamides is 1. The quantitative estimate of drug-likeness (QED) is 0.536. The molecule has 0 aromatic heterocycles. The van der Waals surface area contributed by atoms with Crippen molar-refractivity contribution in [2.75, 3.05) is 26.9 Å². The van der Waals surface area contributed by atoms with Gasteiger partial charge in [0.15, 0.2) is 18.1 Å². The molecule has 10 heteroatoms. The molecular formula is C20H24N2O7S. The summed E-state index contributed by atoms with van der Waals surface area (Å²) in [6.07, 6.45) is 0.473. The van der Waals surface area contributed by atoms with E-state index in [4.69, 9.17) is 19.3 Å². The number of nitrogens with one attached hydrogen (secondary N) is 1. The Labute approximate surface area is 175 Å². The second-order valence-corrected chi connectivity index (χ2v) is 7.73. The zero-order chi connectivity index (χ0) is 22.1. The third kappa shape index (κ3) is 6.75. The van der Waals surface area contributed by atoms with Crippen molar-refractivity contribution in [3.63, 3.8) is 0 Å². The smallest absolute Gasteiger partial charge is 0.338 e. The highest BCUT2D eigenvalue weighted by Crippen LogP contribution is 2.28. The van der Waals surface area contributed by atoms with Gasteiger partial charge in [0.05, 0.1) is 24.2 Å². The molecule has 1 amide bonds. The summed E-state index contributed by atoms with van der Waals surface area (Å²) < 4.78 is 38.0. The predicted molar refractivity (Wildman–Crippen MR) is 109 cm³/mol. The first-order valence-corrected chi connectivity index (χ1v) is 10.7. The molecule has 9 nitrogen and oxygen atoms in total. The summed E-state index contributed by atoms with van der Waals surface area (Å²) in [7, 11) is -2.27. The summed E-state index contributed by atoms with van der Waals surface area (Å²) in [6.45, 7) is 2.15. The molecule has 0 bridgehead atoms. The third-order valence-corrected chi connectivity index (χ3v) is 4.95. The predicted octanol–water partition coefficient (Wildman–Crippen LogP) is 1.26. The van der Waals surface area contributed by atoms with E-state index in [1.165, 1.54) is 31.4 Å². The number of sulfonamides is 1. The molecular weight excluding hydrogens is 412 g/mol. The highest BCUT2D eigenvalue weighted by molar-refractivity contribution is 7.89. The van der Waals surface area contributed by atoms with Crippen LogP contribution in [0, 0.1) is 0 Å². The fourth-order valence-corrected chi connectivity index (χ4v) is 3.04. The van der Waals surface area contributed by atoms with Crippen LogP contribution < -0.4 is 19.9 Å². The minimum atomic E-state index is -3.73. The van der Waals surface area contributed by atoms with E-state index in [0.717, 1.165) is 5.56 Å². The Kier molecular flexibility index (Phi) is 8.19. The molecule has 0 saturated carbocycles. The van der Waals surface area contributed by atoms with Crippen LogP contribution in [-0.2, 0) is 26.0 Å².